The molecule has 2 bridgehead atoms. The van der Waals surface area contributed by atoms with E-state index in [1.807, 2.05) is 39.8 Å². The van der Waals surface area contributed by atoms with Crippen molar-refractivity contribution >= 4 is 24.0 Å². The van der Waals surface area contributed by atoms with E-state index >= 15 is 0 Å². The Labute approximate surface area is 387 Å². The number of carbonyl (C=O) groups excluding carboxylic acids is 4. The Kier molecular flexibility index (Phi) is 13.4. The third-order valence-electron chi connectivity index (χ3n) is 14.4. The third-order valence-corrected chi connectivity index (χ3v) is 14.4. The van der Waals surface area contributed by atoms with Crippen molar-refractivity contribution in [2.24, 2.45) is 16.7 Å². The van der Waals surface area contributed by atoms with Crippen LogP contribution in [0.15, 0.2) is 71.8 Å². The smallest absolute Gasteiger partial charge is 0.408 e. The molecule has 1 amide bonds. The molecule has 12 atom stereocenters. The molecular formula is C50H68N2O14. The zero-order chi connectivity index (χ0) is 48.4. The molecule has 16 heteroatoms. The first kappa shape index (κ1) is 49.5. The lowest BCUT2D eigenvalue weighted by molar-refractivity contribution is -0.366. The number of aliphatic hydroxyl groups is 2. The summed E-state index contributed by atoms with van der Waals surface area (Å²) in [5, 5.41) is 28.6. The number of rotatable bonds is 12. The van der Waals surface area contributed by atoms with Gasteiger partial charge in [-0.25, -0.2) is 14.4 Å². The van der Waals surface area contributed by atoms with Crippen LogP contribution < -0.4 is 5.32 Å². The molecule has 2 heterocycles. The van der Waals surface area contributed by atoms with Gasteiger partial charge in [-0.15, -0.1) is 0 Å². The van der Waals surface area contributed by atoms with E-state index in [4.69, 9.17) is 37.9 Å². The third kappa shape index (κ3) is 8.90. The Morgan fingerprint density at radius 3 is 2.15 bits per heavy atom. The number of nitrogens with zero attached hydrogens (tertiary/aromatic N) is 1. The Bertz CT molecular complexity index is 2170. The van der Waals surface area contributed by atoms with Crippen LogP contribution in [0.4, 0.5) is 4.79 Å². The minimum atomic E-state index is -2.14. The first-order valence-electron chi connectivity index (χ1n) is 22.8. The molecule has 3 aliphatic carbocycles. The van der Waals surface area contributed by atoms with E-state index in [0.29, 0.717) is 29.9 Å². The number of alkyl carbamates (subject to hydrolysis) is 1. The summed E-state index contributed by atoms with van der Waals surface area (Å²) < 4.78 is 52.1. The number of nitrogens with one attached hydrogen (secondary N) is 1. The summed E-state index contributed by atoms with van der Waals surface area (Å²) in [4.78, 5) is 57.7. The fourth-order valence-corrected chi connectivity index (χ4v) is 11.3. The summed E-state index contributed by atoms with van der Waals surface area (Å²) in [7, 11) is 3.87. The van der Waals surface area contributed by atoms with E-state index in [0.717, 1.165) is 0 Å². The van der Waals surface area contributed by atoms with Gasteiger partial charge < -0.3 is 58.3 Å². The number of fused-ring (bicyclic) bond motifs is 8. The molecule has 3 N–H and O–H groups in total. The fourth-order valence-electron chi connectivity index (χ4n) is 11.3. The molecule has 7 rings (SSSR count). The highest BCUT2D eigenvalue weighted by Crippen LogP contribution is 2.67. The van der Waals surface area contributed by atoms with Crippen molar-refractivity contribution in [1.29, 1.82) is 0 Å². The average molecular weight is 921 g/mol. The van der Waals surface area contributed by atoms with Gasteiger partial charge in [-0.3, -0.25) is 4.79 Å². The van der Waals surface area contributed by atoms with Gasteiger partial charge in [-0.05, 0) is 84.5 Å². The topological polar surface area (TPSA) is 198 Å². The van der Waals surface area contributed by atoms with Crippen molar-refractivity contribution in [2.75, 3.05) is 33.9 Å². The second-order valence-corrected chi connectivity index (χ2v) is 21.0. The van der Waals surface area contributed by atoms with Gasteiger partial charge in [0.1, 0.15) is 35.6 Å². The van der Waals surface area contributed by atoms with Crippen LogP contribution in [0, 0.1) is 16.7 Å². The van der Waals surface area contributed by atoms with Crippen LogP contribution in [0.5, 0.6) is 0 Å². The van der Waals surface area contributed by atoms with E-state index < -0.39 is 112 Å². The van der Waals surface area contributed by atoms with E-state index in [1.54, 1.807) is 102 Å². The molecule has 2 aliphatic heterocycles. The van der Waals surface area contributed by atoms with Crippen molar-refractivity contribution < 1.29 is 67.3 Å². The molecule has 362 valence electrons. The van der Waals surface area contributed by atoms with Gasteiger partial charge in [0, 0.05) is 37.1 Å². The zero-order valence-electron chi connectivity index (χ0n) is 40.2. The van der Waals surface area contributed by atoms with Gasteiger partial charge in [0.05, 0.1) is 42.9 Å². The lowest BCUT2D eigenvalue weighted by atomic mass is 9.44. The summed E-state index contributed by atoms with van der Waals surface area (Å²) in [6, 6.07) is 15.5. The maximum absolute atomic E-state index is 14.7. The van der Waals surface area contributed by atoms with E-state index in [-0.39, 0.29) is 25.0 Å². The first-order valence-corrected chi connectivity index (χ1v) is 22.8. The SMILES string of the molecule is CC(=O)O[C@@]12CO[C@@H]1C[C@H](OCCN(C)C)[C@@]1(C)[C@@H]3OC(C)(C)O[C@@H]3C3=C(C)[C@@H](OC(=O)[C@H](O)[C@@H](NC(=O)OC(C)(C)C)c4ccccc4)C[C@@](O)([C@@H](OC(=O)c4ccccc4)[C@H]21)C3(C)C. The van der Waals surface area contributed by atoms with Crippen molar-refractivity contribution in [3.05, 3.63) is 82.9 Å². The maximum Gasteiger partial charge on any atom is 0.408 e. The Morgan fingerprint density at radius 1 is 0.939 bits per heavy atom. The Hall–Kier alpha value is -4.42. The molecule has 0 spiro atoms. The van der Waals surface area contributed by atoms with Gasteiger partial charge in [0.2, 0.25) is 0 Å². The van der Waals surface area contributed by atoms with Crippen LogP contribution >= 0.6 is 0 Å². The number of aliphatic hydroxyl groups excluding tert-OH is 1. The van der Waals surface area contributed by atoms with E-state index in [2.05, 4.69) is 5.32 Å². The standard InChI is InChI=1S/C50H68N2O14/c1-28-32(61-43(56)37(54)36(30-19-15-13-16-20-30)51-44(57)66-45(3,4)5)26-50(58)41(62-42(55)31-21-17-14-18-22-31)39-48(10,40-38(35(28)46(50,6)7)64-47(8,9)65-40)33(59-24-23-52(11)12)25-34-49(39,27-60-34)63-29(2)53/h13-22,32-34,36-41,54,58H,23-27H2,1-12H3,(H,51,57)/t32-,33-,34+,36-,37+,38+,39-,40+,41-,48+,49-,50+/m0/s1. The van der Waals surface area contributed by atoms with Crippen LogP contribution in [-0.4, -0.2) is 138 Å². The summed E-state index contributed by atoms with van der Waals surface area (Å²) in [5.74, 6) is -4.78. The number of amides is 1. The Morgan fingerprint density at radius 2 is 1.58 bits per heavy atom. The van der Waals surface area contributed by atoms with Crippen LogP contribution in [-0.2, 0) is 47.5 Å². The van der Waals surface area contributed by atoms with Crippen molar-refractivity contribution in [1.82, 2.24) is 10.2 Å². The second kappa shape index (κ2) is 17.9. The molecule has 16 nitrogen and oxygen atoms in total. The number of esters is 3. The average Bonchev–Trinajstić information content (AvgIpc) is 3.55. The van der Waals surface area contributed by atoms with Crippen molar-refractivity contribution in [3.63, 3.8) is 0 Å². The molecule has 2 aromatic rings. The molecule has 2 saturated heterocycles. The van der Waals surface area contributed by atoms with Gasteiger partial charge in [-0.1, -0.05) is 69.3 Å². The quantitative estimate of drug-likeness (QED) is 0.138. The van der Waals surface area contributed by atoms with Crippen LogP contribution in [0.25, 0.3) is 0 Å². The lowest BCUT2D eigenvalue weighted by Crippen LogP contribution is -2.82. The zero-order valence-corrected chi connectivity index (χ0v) is 40.2. The molecule has 66 heavy (non-hydrogen) atoms. The van der Waals surface area contributed by atoms with Gasteiger partial charge >= 0.3 is 24.0 Å². The largest absolute Gasteiger partial charge is 0.456 e. The highest BCUT2D eigenvalue weighted by atomic mass is 16.8. The number of carbonyl (C=O) groups is 4. The number of benzene rings is 2. The second-order valence-electron chi connectivity index (χ2n) is 21.0. The highest BCUT2D eigenvalue weighted by molar-refractivity contribution is 5.89. The number of likely N-dealkylation sites (N-methyl/N-ethyl adjacent to an activating group) is 1. The molecule has 5 aliphatic rings. The predicted octanol–water partition coefficient (Wildman–Crippen LogP) is 5.44. The molecule has 0 aromatic heterocycles. The van der Waals surface area contributed by atoms with Crippen molar-refractivity contribution in [2.45, 2.75) is 153 Å². The fraction of sp³-hybridized carbons (Fsp3) is 0.640. The van der Waals surface area contributed by atoms with Gasteiger partial charge in [0.15, 0.2) is 17.5 Å². The molecule has 0 unspecified atom stereocenters. The normalized spacial score (nSPS) is 33.9. The number of hydrogen-bond donors (Lipinski definition) is 3. The van der Waals surface area contributed by atoms with Gasteiger partial charge in [-0.2, -0.15) is 0 Å². The number of hydrogen-bond acceptors (Lipinski definition) is 15. The maximum atomic E-state index is 14.7. The molecule has 4 fully saturated rings. The van der Waals surface area contributed by atoms with E-state index in [1.165, 1.54) is 6.92 Å². The van der Waals surface area contributed by atoms with Crippen LogP contribution in [0.2, 0.25) is 0 Å². The minimum absolute atomic E-state index is 0.0860. The predicted molar refractivity (Wildman–Crippen MR) is 239 cm³/mol. The van der Waals surface area contributed by atoms with Crippen LogP contribution in [0.1, 0.15) is 104 Å². The molecule has 2 aromatic carbocycles. The monoisotopic (exact) mass is 920 g/mol. The summed E-state index contributed by atoms with van der Waals surface area (Å²) in [6.45, 7) is 18.2. The minimum Gasteiger partial charge on any atom is -0.456 e. The molecule has 0 radical (unpaired) electrons. The first-order chi connectivity index (χ1) is 30.8. The number of ether oxygens (including phenoxy) is 8. The summed E-state index contributed by atoms with van der Waals surface area (Å²) in [6.07, 6.45) is -8.93. The molecular weight excluding hydrogens is 853 g/mol. The van der Waals surface area contributed by atoms with Crippen LogP contribution in [0.3, 0.4) is 0 Å². The van der Waals surface area contributed by atoms with Crippen molar-refractivity contribution in [3.8, 4) is 0 Å². The highest BCUT2D eigenvalue weighted by Gasteiger charge is 2.79. The molecule has 2 saturated carbocycles. The summed E-state index contributed by atoms with van der Waals surface area (Å²) in [5.41, 5.74) is -5.41. The lowest BCUT2D eigenvalue weighted by Gasteiger charge is -2.69. The van der Waals surface area contributed by atoms with Gasteiger partial charge in [0.25, 0.3) is 0 Å². The Balaban J connectivity index is 1.41. The van der Waals surface area contributed by atoms with E-state index in [9.17, 15) is 29.4 Å². The summed E-state index contributed by atoms with van der Waals surface area (Å²) >= 11 is 0.